The lowest BCUT2D eigenvalue weighted by Gasteiger charge is -2.07. The molecule has 0 saturated heterocycles. The molecule has 0 fully saturated rings. The van der Waals surface area contributed by atoms with Gasteiger partial charge in [0.15, 0.2) is 5.69 Å². The van der Waals surface area contributed by atoms with E-state index in [0.29, 0.717) is 25.1 Å². The number of unbranched alkanes of at least 4 members (excludes halogenated alkanes) is 1. The molecule has 0 bridgehead atoms. The molecular weight excluding hydrogens is 272 g/mol. The zero-order chi connectivity index (χ0) is 15.3. The summed E-state index contributed by atoms with van der Waals surface area (Å²) in [5, 5.41) is 35.1. The highest BCUT2D eigenvalue weighted by atomic mass is 16.6. The average molecular weight is 284 g/mol. The van der Waals surface area contributed by atoms with Gasteiger partial charge in [0.2, 0.25) is 0 Å². The van der Waals surface area contributed by atoms with Crippen molar-refractivity contribution in [1.29, 1.82) is 0 Å². The number of nitro benzene ring substituents is 3. The summed E-state index contributed by atoms with van der Waals surface area (Å²) in [4.78, 5) is 29.8. The lowest BCUT2D eigenvalue weighted by Crippen LogP contribution is -2.07. The number of nitro groups is 3. The maximum absolute atomic E-state index is 10.9. The number of nitrogens with zero attached hydrogens (tertiary/aromatic N) is 3. The van der Waals surface area contributed by atoms with Gasteiger partial charge in [-0.2, -0.15) is 0 Å². The third kappa shape index (κ3) is 3.37. The normalized spacial score (nSPS) is 10.1. The van der Waals surface area contributed by atoms with Crippen molar-refractivity contribution >= 4 is 22.7 Å². The zero-order valence-corrected chi connectivity index (χ0v) is 10.6. The van der Waals surface area contributed by atoms with Crippen LogP contribution in [0.1, 0.15) is 19.8 Å². The van der Waals surface area contributed by atoms with Crippen LogP contribution in [-0.4, -0.2) is 21.3 Å². The van der Waals surface area contributed by atoms with E-state index < -0.39 is 31.8 Å². The number of nitrogens with one attached hydrogen (secondary N) is 1. The van der Waals surface area contributed by atoms with Gasteiger partial charge in [0, 0.05) is 6.54 Å². The van der Waals surface area contributed by atoms with Crippen LogP contribution in [0.3, 0.4) is 0 Å². The van der Waals surface area contributed by atoms with Gasteiger partial charge in [-0.3, -0.25) is 30.3 Å². The predicted molar refractivity (Wildman–Crippen MR) is 69.8 cm³/mol. The Hall–Kier alpha value is -2.78. The Kier molecular flexibility index (Phi) is 4.89. The van der Waals surface area contributed by atoms with Crippen molar-refractivity contribution in [2.24, 2.45) is 0 Å². The summed E-state index contributed by atoms with van der Waals surface area (Å²) in [6.07, 6.45) is 1.45. The topological polar surface area (TPSA) is 141 Å². The Labute approximate surface area is 112 Å². The molecule has 1 aromatic carbocycles. The fourth-order valence-electron chi connectivity index (χ4n) is 1.56. The van der Waals surface area contributed by atoms with Gasteiger partial charge in [0.25, 0.3) is 5.69 Å². The Morgan fingerprint density at radius 3 is 1.85 bits per heavy atom. The number of hydrogen-bond acceptors (Lipinski definition) is 7. The maximum Gasteiger partial charge on any atom is 0.306 e. The largest absolute Gasteiger partial charge is 0.374 e. The molecule has 20 heavy (non-hydrogen) atoms. The summed E-state index contributed by atoms with van der Waals surface area (Å²) in [6.45, 7) is 2.19. The van der Waals surface area contributed by atoms with Crippen molar-refractivity contribution in [1.82, 2.24) is 0 Å². The molecule has 0 aliphatic rings. The Bertz CT molecular complexity index is 524. The first-order valence-corrected chi connectivity index (χ1v) is 5.73. The molecular formula is C10H12N4O6. The summed E-state index contributed by atoms with van der Waals surface area (Å²) in [5.41, 5.74) is -2.35. The average Bonchev–Trinajstić information content (AvgIpc) is 2.37. The van der Waals surface area contributed by atoms with E-state index in [1.807, 2.05) is 6.92 Å². The monoisotopic (exact) mass is 284 g/mol. The van der Waals surface area contributed by atoms with Crippen molar-refractivity contribution in [2.75, 3.05) is 11.9 Å². The van der Waals surface area contributed by atoms with Gasteiger partial charge in [0.05, 0.1) is 26.9 Å². The van der Waals surface area contributed by atoms with Gasteiger partial charge in [-0.15, -0.1) is 0 Å². The summed E-state index contributed by atoms with van der Waals surface area (Å²) >= 11 is 0. The third-order valence-corrected chi connectivity index (χ3v) is 2.52. The molecule has 0 atom stereocenters. The van der Waals surface area contributed by atoms with Crippen LogP contribution in [0.25, 0.3) is 0 Å². The molecule has 10 nitrogen and oxygen atoms in total. The van der Waals surface area contributed by atoms with Crippen LogP contribution in [0.5, 0.6) is 0 Å². The second-order valence-electron chi connectivity index (χ2n) is 3.91. The highest BCUT2D eigenvalue weighted by Gasteiger charge is 2.30. The van der Waals surface area contributed by atoms with Crippen LogP contribution >= 0.6 is 0 Å². The molecule has 1 N–H and O–H groups in total. The van der Waals surface area contributed by atoms with Crippen LogP contribution in [0.15, 0.2) is 12.1 Å². The van der Waals surface area contributed by atoms with Crippen molar-refractivity contribution in [3.8, 4) is 0 Å². The molecule has 1 rings (SSSR count). The van der Waals surface area contributed by atoms with E-state index in [2.05, 4.69) is 5.32 Å². The van der Waals surface area contributed by atoms with Crippen molar-refractivity contribution in [3.05, 3.63) is 42.5 Å². The molecule has 0 radical (unpaired) electrons. The van der Waals surface area contributed by atoms with Crippen LogP contribution in [0.2, 0.25) is 0 Å². The predicted octanol–water partition coefficient (Wildman–Crippen LogP) is 2.62. The lowest BCUT2D eigenvalue weighted by molar-refractivity contribution is -0.401. The van der Waals surface area contributed by atoms with E-state index in [9.17, 15) is 30.3 Å². The fraction of sp³-hybridized carbons (Fsp3) is 0.400. The first kappa shape index (κ1) is 15.3. The van der Waals surface area contributed by atoms with E-state index in [0.717, 1.165) is 6.42 Å². The molecule has 0 aliphatic carbocycles. The molecule has 108 valence electrons. The van der Waals surface area contributed by atoms with Gasteiger partial charge in [-0.25, -0.2) is 0 Å². The zero-order valence-electron chi connectivity index (χ0n) is 10.6. The van der Waals surface area contributed by atoms with Crippen LogP contribution < -0.4 is 5.32 Å². The summed E-state index contributed by atoms with van der Waals surface area (Å²) in [7, 11) is 0. The highest BCUT2D eigenvalue weighted by molar-refractivity contribution is 5.77. The van der Waals surface area contributed by atoms with Gasteiger partial charge in [0.1, 0.15) is 0 Å². The van der Waals surface area contributed by atoms with Crippen molar-refractivity contribution in [2.45, 2.75) is 19.8 Å². The van der Waals surface area contributed by atoms with Crippen LogP contribution in [0.4, 0.5) is 22.7 Å². The summed E-state index contributed by atoms with van der Waals surface area (Å²) < 4.78 is 0. The molecule has 1 aromatic rings. The first-order chi connectivity index (χ1) is 9.38. The molecule has 0 aliphatic heterocycles. The molecule has 0 spiro atoms. The van der Waals surface area contributed by atoms with E-state index in [1.54, 1.807) is 0 Å². The quantitative estimate of drug-likeness (QED) is 0.460. The molecule has 0 heterocycles. The first-order valence-electron chi connectivity index (χ1n) is 5.73. The van der Waals surface area contributed by atoms with E-state index in [1.165, 1.54) is 0 Å². The second kappa shape index (κ2) is 6.41. The van der Waals surface area contributed by atoms with Crippen molar-refractivity contribution in [3.63, 3.8) is 0 Å². The number of benzene rings is 1. The third-order valence-electron chi connectivity index (χ3n) is 2.52. The van der Waals surface area contributed by atoms with Gasteiger partial charge >= 0.3 is 11.4 Å². The Balaban J connectivity index is 3.39. The standard InChI is InChI=1S/C10H12N4O6/c1-2-3-4-11-10-8(13(17)18)5-7(12(15)16)6-9(10)14(19)20/h5-6,11H,2-4H2,1H3. The number of hydrogen-bond donors (Lipinski definition) is 1. The second-order valence-corrected chi connectivity index (χ2v) is 3.91. The molecule has 0 amide bonds. The van der Waals surface area contributed by atoms with E-state index in [-0.39, 0.29) is 5.69 Å². The van der Waals surface area contributed by atoms with Crippen LogP contribution in [-0.2, 0) is 0 Å². The molecule has 10 heteroatoms. The fourth-order valence-corrected chi connectivity index (χ4v) is 1.56. The summed E-state index contributed by atoms with van der Waals surface area (Å²) in [6, 6.07) is 1.42. The molecule has 0 unspecified atom stereocenters. The number of non-ortho nitro benzene ring substituents is 1. The van der Waals surface area contributed by atoms with E-state index in [4.69, 9.17) is 0 Å². The number of rotatable bonds is 7. The summed E-state index contributed by atoms with van der Waals surface area (Å²) in [5.74, 6) is 0. The molecule has 0 saturated carbocycles. The minimum absolute atomic E-state index is 0.302. The Morgan fingerprint density at radius 2 is 1.50 bits per heavy atom. The number of anilines is 1. The van der Waals surface area contributed by atoms with Crippen molar-refractivity contribution < 1.29 is 14.8 Å². The molecule has 0 aromatic heterocycles. The Morgan fingerprint density at radius 1 is 1.00 bits per heavy atom. The smallest absolute Gasteiger partial charge is 0.306 e. The maximum atomic E-state index is 10.9. The van der Waals surface area contributed by atoms with Gasteiger partial charge < -0.3 is 5.32 Å². The van der Waals surface area contributed by atoms with Crippen LogP contribution in [0, 0.1) is 30.3 Å². The minimum Gasteiger partial charge on any atom is -0.374 e. The SMILES string of the molecule is CCCCNc1c([N+](=O)[O-])cc([N+](=O)[O-])cc1[N+](=O)[O-]. The van der Waals surface area contributed by atoms with Gasteiger partial charge in [-0.1, -0.05) is 13.3 Å². The van der Waals surface area contributed by atoms with Gasteiger partial charge in [-0.05, 0) is 6.42 Å². The van der Waals surface area contributed by atoms with E-state index >= 15 is 0 Å². The lowest BCUT2D eigenvalue weighted by atomic mass is 10.2. The minimum atomic E-state index is -0.907. The highest BCUT2D eigenvalue weighted by Crippen LogP contribution is 2.38.